The van der Waals surface area contributed by atoms with E-state index >= 15 is 0 Å². The molecule has 0 saturated carbocycles. The molecule has 0 spiro atoms. The molecule has 19 heavy (non-hydrogen) atoms. The molecule has 3 heteroatoms. The number of aromatic carboxylic acids is 1. The first-order chi connectivity index (χ1) is 8.75. The average Bonchev–Trinajstić information content (AvgIpc) is 2.38. The SMILES string of the molecule is CCCCCCCCCc1ccccc1C(=O)[O-].[K+]. The summed E-state index contributed by atoms with van der Waals surface area (Å²) in [7, 11) is 0. The molecule has 0 unspecified atom stereocenters. The first-order valence-electron chi connectivity index (χ1n) is 7.05. The maximum absolute atomic E-state index is 10.9. The summed E-state index contributed by atoms with van der Waals surface area (Å²) in [5, 5.41) is 10.9. The molecular formula is C16H23KO2. The minimum Gasteiger partial charge on any atom is -0.545 e. The van der Waals surface area contributed by atoms with Crippen molar-refractivity contribution in [2.24, 2.45) is 0 Å². The van der Waals surface area contributed by atoms with E-state index in [4.69, 9.17) is 0 Å². The molecule has 0 amide bonds. The predicted octanol–water partition coefficient (Wildman–Crippen LogP) is 0.347. The van der Waals surface area contributed by atoms with Gasteiger partial charge in [0, 0.05) is 5.56 Å². The van der Waals surface area contributed by atoms with Crippen LogP contribution in [0.2, 0.25) is 0 Å². The van der Waals surface area contributed by atoms with Crippen molar-refractivity contribution in [2.75, 3.05) is 0 Å². The standard InChI is InChI=1S/C16H24O2.K/c1-2-3-4-5-6-7-8-11-14-12-9-10-13-15(14)16(17)18;/h9-10,12-13H,2-8,11H2,1H3,(H,17,18);/q;+1/p-1. The van der Waals surface area contributed by atoms with Gasteiger partial charge >= 0.3 is 51.4 Å². The predicted molar refractivity (Wildman–Crippen MR) is 72.5 cm³/mol. The van der Waals surface area contributed by atoms with E-state index < -0.39 is 5.97 Å². The summed E-state index contributed by atoms with van der Waals surface area (Å²) in [6.07, 6.45) is 9.58. The zero-order valence-electron chi connectivity index (χ0n) is 12.3. The molecule has 0 fully saturated rings. The second kappa shape index (κ2) is 12.1. The summed E-state index contributed by atoms with van der Waals surface area (Å²) in [6.45, 7) is 2.22. The Bertz CT molecular complexity index is 364. The number of hydrogen-bond acceptors (Lipinski definition) is 2. The summed E-state index contributed by atoms with van der Waals surface area (Å²) in [5.74, 6) is -1.06. The van der Waals surface area contributed by atoms with Gasteiger partial charge in [0.1, 0.15) is 0 Å². The van der Waals surface area contributed by atoms with Crippen LogP contribution in [0.25, 0.3) is 0 Å². The molecule has 0 heterocycles. The maximum atomic E-state index is 10.9. The van der Waals surface area contributed by atoms with Gasteiger partial charge in [0.2, 0.25) is 0 Å². The minimum absolute atomic E-state index is 0. The van der Waals surface area contributed by atoms with Crippen LogP contribution >= 0.6 is 0 Å². The molecule has 0 N–H and O–H groups in total. The number of carbonyl (C=O) groups excluding carboxylic acids is 1. The van der Waals surface area contributed by atoms with Crippen LogP contribution < -0.4 is 56.5 Å². The van der Waals surface area contributed by atoms with Crippen molar-refractivity contribution in [1.82, 2.24) is 0 Å². The Morgan fingerprint density at radius 1 is 1.00 bits per heavy atom. The van der Waals surface area contributed by atoms with E-state index in [1.54, 1.807) is 12.1 Å². The average molecular weight is 286 g/mol. The van der Waals surface area contributed by atoms with Gasteiger partial charge in [-0.2, -0.15) is 0 Å². The number of rotatable bonds is 9. The van der Waals surface area contributed by atoms with Gasteiger partial charge in [-0.15, -0.1) is 0 Å². The summed E-state index contributed by atoms with van der Waals surface area (Å²) in [4.78, 5) is 10.9. The van der Waals surface area contributed by atoms with E-state index in [0.29, 0.717) is 5.56 Å². The Morgan fingerprint density at radius 3 is 2.21 bits per heavy atom. The zero-order chi connectivity index (χ0) is 13.2. The zero-order valence-corrected chi connectivity index (χ0v) is 15.4. The largest absolute Gasteiger partial charge is 1.00 e. The van der Waals surface area contributed by atoms with Crippen molar-refractivity contribution >= 4 is 5.97 Å². The summed E-state index contributed by atoms with van der Waals surface area (Å²) < 4.78 is 0. The fourth-order valence-electron chi connectivity index (χ4n) is 2.21. The molecule has 0 atom stereocenters. The van der Waals surface area contributed by atoms with Gasteiger partial charge in [0.05, 0.1) is 5.97 Å². The van der Waals surface area contributed by atoms with E-state index in [0.717, 1.165) is 18.4 Å². The number of unbranched alkanes of at least 4 members (excludes halogenated alkanes) is 6. The van der Waals surface area contributed by atoms with Gasteiger partial charge in [-0.3, -0.25) is 0 Å². The Hall–Kier alpha value is 0.326. The molecular weight excluding hydrogens is 263 g/mol. The molecule has 100 valence electrons. The van der Waals surface area contributed by atoms with Crippen LogP contribution in [-0.4, -0.2) is 5.97 Å². The van der Waals surface area contributed by atoms with Crippen molar-refractivity contribution in [3.05, 3.63) is 35.4 Å². The van der Waals surface area contributed by atoms with Crippen LogP contribution in [0.15, 0.2) is 24.3 Å². The topological polar surface area (TPSA) is 40.1 Å². The normalized spacial score (nSPS) is 9.95. The molecule has 0 aromatic heterocycles. The van der Waals surface area contributed by atoms with E-state index in [1.807, 2.05) is 12.1 Å². The van der Waals surface area contributed by atoms with E-state index in [2.05, 4.69) is 6.92 Å². The van der Waals surface area contributed by atoms with Crippen LogP contribution in [-0.2, 0) is 6.42 Å². The van der Waals surface area contributed by atoms with Crippen molar-refractivity contribution in [3.8, 4) is 0 Å². The van der Waals surface area contributed by atoms with Crippen molar-refractivity contribution in [1.29, 1.82) is 0 Å². The molecule has 1 aromatic carbocycles. The summed E-state index contributed by atoms with van der Waals surface area (Å²) in [6, 6.07) is 7.16. The Labute approximate surface area is 159 Å². The van der Waals surface area contributed by atoms with Gasteiger partial charge < -0.3 is 9.90 Å². The molecule has 1 rings (SSSR count). The molecule has 2 nitrogen and oxygen atoms in total. The summed E-state index contributed by atoms with van der Waals surface area (Å²) >= 11 is 0. The van der Waals surface area contributed by atoms with E-state index in [9.17, 15) is 9.90 Å². The first kappa shape index (κ1) is 19.3. The van der Waals surface area contributed by atoms with Crippen LogP contribution in [0.3, 0.4) is 0 Å². The third-order valence-corrected chi connectivity index (χ3v) is 3.29. The van der Waals surface area contributed by atoms with E-state index in [1.165, 1.54) is 38.5 Å². The molecule has 0 aliphatic carbocycles. The third-order valence-electron chi connectivity index (χ3n) is 3.29. The van der Waals surface area contributed by atoms with Crippen LogP contribution in [0.4, 0.5) is 0 Å². The fraction of sp³-hybridized carbons (Fsp3) is 0.562. The van der Waals surface area contributed by atoms with Gasteiger partial charge in [0.25, 0.3) is 0 Å². The second-order valence-electron chi connectivity index (χ2n) is 4.82. The first-order valence-corrected chi connectivity index (χ1v) is 7.05. The molecule has 0 aliphatic heterocycles. The number of carboxylic acid groups (broad SMARTS) is 1. The van der Waals surface area contributed by atoms with Gasteiger partial charge in [-0.1, -0.05) is 69.7 Å². The number of carboxylic acids is 1. The van der Waals surface area contributed by atoms with Crippen molar-refractivity contribution < 1.29 is 61.3 Å². The van der Waals surface area contributed by atoms with Gasteiger partial charge in [-0.05, 0) is 18.4 Å². The molecule has 0 aliphatic rings. The number of hydrogen-bond donors (Lipinski definition) is 0. The Kier molecular flexibility index (Phi) is 12.3. The fourth-order valence-corrected chi connectivity index (χ4v) is 2.21. The minimum atomic E-state index is -1.06. The quantitative estimate of drug-likeness (QED) is 0.485. The number of benzene rings is 1. The van der Waals surface area contributed by atoms with Crippen molar-refractivity contribution in [3.63, 3.8) is 0 Å². The third kappa shape index (κ3) is 8.25. The molecule has 0 bridgehead atoms. The Morgan fingerprint density at radius 2 is 1.58 bits per heavy atom. The molecule has 0 radical (unpaired) electrons. The smallest absolute Gasteiger partial charge is 0.545 e. The number of aryl methyl sites for hydroxylation is 1. The van der Waals surface area contributed by atoms with Crippen LogP contribution in [0, 0.1) is 0 Å². The van der Waals surface area contributed by atoms with Crippen LogP contribution in [0.5, 0.6) is 0 Å². The molecule has 0 saturated heterocycles. The Balaban J connectivity index is 0.00000324. The van der Waals surface area contributed by atoms with Gasteiger partial charge in [-0.25, -0.2) is 0 Å². The van der Waals surface area contributed by atoms with E-state index in [-0.39, 0.29) is 51.4 Å². The second-order valence-corrected chi connectivity index (χ2v) is 4.82. The summed E-state index contributed by atoms with van der Waals surface area (Å²) in [5.41, 5.74) is 1.26. The molecule has 1 aromatic rings. The van der Waals surface area contributed by atoms with Crippen molar-refractivity contribution in [2.45, 2.75) is 58.3 Å². The number of carbonyl (C=O) groups is 1. The maximum Gasteiger partial charge on any atom is 1.00 e. The van der Waals surface area contributed by atoms with Gasteiger partial charge in [0.15, 0.2) is 0 Å². The van der Waals surface area contributed by atoms with Crippen LogP contribution in [0.1, 0.15) is 67.8 Å². The monoisotopic (exact) mass is 286 g/mol.